The molecule has 1 N–H and O–H groups in total. The predicted octanol–water partition coefficient (Wildman–Crippen LogP) is 1.90. The van der Waals surface area contributed by atoms with E-state index in [2.05, 4.69) is 48.5 Å². The van der Waals surface area contributed by atoms with E-state index >= 15 is 0 Å². The van der Waals surface area contributed by atoms with Gasteiger partial charge in [0.1, 0.15) is 0 Å². The molecule has 0 radical (unpaired) electrons. The quantitative estimate of drug-likeness (QED) is 0.864. The van der Waals surface area contributed by atoms with Crippen LogP contribution in [-0.4, -0.2) is 26.1 Å². The molecule has 0 saturated carbocycles. The van der Waals surface area contributed by atoms with E-state index < -0.39 is 0 Å². The Hall–Kier alpha value is -1.62. The lowest BCUT2D eigenvalue weighted by Crippen LogP contribution is -2.17. The molecule has 0 aromatic carbocycles. The molecule has 0 spiro atoms. The summed E-state index contributed by atoms with van der Waals surface area (Å²) in [5.41, 5.74) is 3.54. The monoisotopic (exact) mass is 261 g/mol. The number of aryl methyl sites for hydroxylation is 2. The molecule has 0 bridgehead atoms. The van der Waals surface area contributed by atoms with Gasteiger partial charge in [-0.05, 0) is 26.0 Å². The first-order chi connectivity index (χ1) is 9.13. The van der Waals surface area contributed by atoms with Crippen molar-refractivity contribution in [3.63, 3.8) is 0 Å². The highest BCUT2D eigenvalue weighted by Gasteiger charge is 2.09. The third kappa shape index (κ3) is 3.23. The lowest BCUT2D eigenvalue weighted by atomic mass is 10.2. The summed E-state index contributed by atoms with van der Waals surface area (Å²) in [7, 11) is 1.99. The average Bonchev–Trinajstić information content (AvgIpc) is 2.98. The van der Waals surface area contributed by atoms with Gasteiger partial charge < -0.3 is 5.32 Å². The van der Waals surface area contributed by atoms with Gasteiger partial charge in [-0.2, -0.15) is 10.2 Å². The Balaban J connectivity index is 2.08. The zero-order valence-electron chi connectivity index (χ0n) is 12.2. The van der Waals surface area contributed by atoms with Crippen molar-refractivity contribution in [3.05, 3.63) is 35.4 Å². The third-order valence-electron chi connectivity index (χ3n) is 3.38. The molecule has 0 amide bonds. The van der Waals surface area contributed by atoms with Crippen LogP contribution in [0.5, 0.6) is 0 Å². The number of hydrogen-bond acceptors (Lipinski definition) is 3. The molecule has 2 aromatic rings. The van der Waals surface area contributed by atoms with Crippen LogP contribution in [0.4, 0.5) is 0 Å². The Morgan fingerprint density at radius 1 is 1.37 bits per heavy atom. The van der Waals surface area contributed by atoms with Crippen molar-refractivity contribution in [2.45, 2.75) is 39.8 Å². The van der Waals surface area contributed by atoms with Gasteiger partial charge in [-0.1, -0.05) is 13.8 Å². The molecule has 2 heterocycles. The highest BCUT2D eigenvalue weighted by atomic mass is 15.3. The number of nitrogens with one attached hydrogen (secondary N) is 1. The summed E-state index contributed by atoms with van der Waals surface area (Å²) in [6, 6.07) is 2.49. The second-order valence-electron chi connectivity index (χ2n) is 4.85. The van der Waals surface area contributed by atoms with Crippen LogP contribution in [0.25, 0.3) is 0 Å². The largest absolute Gasteiger partial charge is 0.310 e. The molecule has 19 heavy (non-hydrogen) atoms. The Labute approximate surface area is 114 Å². The van der Waals surface area contributed by atoms with Crippen LogP contribution in [0.2, 0.25) is 0 Å². The van der Waals surface area contributed by atoms with Crippen molar-refractivity contribution in [1.82, 2.24) is 24.9 Å². The zero-order valence-corrected chi connectivity index (χ0v) is 12.2. The molecular formula is C14H23N5. The van der Waals surface area contributed by atoms with E-state index in [0.717, 1.165) is 25.2 Å². The molecule has 1 atom stereocenters. The smallest absolute Gasteiger partial charge is 0.0828 e. The van der Waals surface area contributed by atoms with Crippen molar-refractivity contribution in [3.8, 4) is 0 Å². The second-order valence-corrected chi connectivity index (χ2v) is 4.85. The fourth-order valence-electron chi connectivity index (χ4n) is 2.17. The molecule has 104 valence electrons. The van der Waals surface area contributed by atoms with E-state index in [1.807, 2.05) is 22.6 Å². The fraction of sp³-hybridized carbons (Fsp3) is 0.571. The molecule has 5 heteroatoms. The molecule has 0 aliphatic carbocycles. The van der Waals surface area contributed by atoms with Crippen molar-refractivity contribution >= 4 is 0 Å². The highest BCUT2D eigenvalue weighted by Crippen LogP contribution is 2.12. The summed E-state index contributed by atoms with van der Waals surface area (Å²) in [4.78, 5) is 0. The van der Waals surface area contributed by atoms with Gasteiger partial charge in [-0.3, -0.25) is 9.36 Å². The number of nitrogens with zero attached hydrogens (tertiary/aromatic N) is 4. The lowest BCUT2D eigenvalue weighted by Gasteiger charge is -2.08. The molecule has 1 unspecified atom stereocenters. The normalized spacial score (nSPS) is 12.8. The Kier molecular flexibility index (Phi) is 4.37. The van der Waals surface area contributed by atoms with Gasteiger partial charge >= 0.3 is 0 Å². The molecule has 0 aliphatic rings. The van der Waals surface area contributed by atoms with Gasteiger partial charge in [0.25, 0.3) is 0 Å². The van der Waals surface area contributed by atoms with E-state index in [9.17, 15) is 0 Å². The maximum atomic E-state index is 4.46. The predicted molar refractivity (Wildman–Crippen MR) is 76.0 cm³/mol. The van der Waals surface area contributed by atoms with E-state index in [-0.39, 0.29) is 0 Å². The molecule has 2 aromatic heterocycles. The number of hydrogen-bond donors (Lipinski definition) is 1. The summed E-state index contributed by atoms with van der Waals surface area (Å²) in [6.07, 6.45) is 5.01. The van der Waals surface area contributed by atoms with Crippen molar-refractivity contribution < 1.29 is 0 Å². The van der Waals surface area contributed by atoms with Crippen LogP contribution >= 0.6 is 0 Å². The summed E-state index contributed by atoms with van der Waals surface area (Å²) in [5, 5.41) is 12.3. The van der Waals surface area contributed by atoms with Gasteiger partial charge in [0.15, 0.2) is 0 Å². The van der Waals surface area contributed by atoms with Crippen molar-refractivity contribution in [2.75, 3.05) is 6.54 Å². The molecular weight excluding hydrogens is 238 g/mol. The maximum Gasteiger partial charge on any atom is 0.0828 e. The van der Waals surface area contributed by atoms with Crippen LogP contribution in [-0.2, 0) is 20.0 Å². The summed E-state index contributed by atoms with van der Waals surface area (Å²) < 4.78 is 3.91. The first-order valence-corrected chi connectivity index (χ1v) is 6.91. The SMILES string of the molecule is CCNC(C)c1cnn(Cc2cc(CC)nn2C)c1. The average molecular weight is 261 g/mol. The molecule has 5 nitrogen and oxygen atoms in total. The minimum atomic E-state index is 0.344. The highest BCUT2D eigenvalue weighted by molar-refractivity contribution is 5.13. The standard InChI is InChI=1S/C14H23N5/c1-5-13-7-14(18(4)17-13)10-19-9-12(8-16-19)11(3)15-6-2/h7-9,11,15H,5-6,10H2,1-4H3. The molecule has 0 aliphatic heterocycles. The topological polar surface area (TPSA) is 47.7 Å². The summed E-state index contributed by atoms with van der Waals surface area (Å²) >= 11 is 0. The minimum absolute atomic E-state index is 0.344. The first-order valence-electron chi connectivity index (χ1n) is 6.91. The lowest BCUT2D eigenvalue weighted by molar-refractivity contribution is 0.593. The van der Waals surface area contributed by atoms with Crippen molar-refractivity contribution in [2.24, 2.45) is 7.05 Å². The van der Waals surface area contributed by atoms with E-state index in [1.54, 1.807) is 0 Å². The number of rotatable bonds is 6. The van der Waals surface area contributed by atoms with Crippen LogP contribution < -0.4 is 5.32 Å². The van der Waals surface area contributed by atoms with Crippen LogP contribution in [0.1, 0.15) is 43.8 Å². The summed E-state index contributed by atoms with van der Waals surface area (Å²) in [6.45, 7) is 8.12. The third-order valence-corrected chi connectivity index (χ3v) is 3.38. The van der Waals surface area contributed by atoms with E-state index in [4.69, 9.17) is 0 Å². The zero-order chi connectivity index (χ0) is 13.8. The van der Waals surface area contributed by atoms with Gasteiger partial charge in [-0.25, -0.2) is 0 Å². The van der Waals surface area contributed by atoms with Crippen LogP contribution in [0, 0.1) is 0 Å². The fourth-order valence-corrected chi connectivity index (χ4v) is 2.17. The van der Waals surface area contributed by atoms with E-state index in [0.29, 0.717) is 6.04 Å². The van der Waals surface area contributed by atoms with Gasteiger partial charge in [0.05, 0.1) is 24.1 Å². The van der Waals surface area contributed by atoms with Gasteiger partial charge in [0.2, 0.25) is 0 Å². The number of aromatic nitrogens is 4. The molecule has 0 saturated heterocycles. The first kappa shape index (κ1) is 13.8. The molecule has 0 fully saturated rings. The molecule has 2 rings (SSSR count). The van der Waals surface area contributed by atoms with Crippen LogP contribution in [0.3, 0.4) is 0 Å². The van der Waals surface area contributed by atoms with E-state index in [1.165, 1.54) is 11.3 Å². The minimum Gasteiger partial charge on any atom is -0.310 e. The van der Waals surface area contributed by atoms with Gasteiger partial charge in [-0.15, -0.1) is 0 Å². The Bertz CT molecular complexity index is 526. The Morgan fingerprint density at radius 2 is 2.16 bits per heavy atom. The van der Waals surface area contributed by atoms with Crippen molar-refractivity contribution in [1.29, 1.82) is 0 Å². The second kappa shape index (κ2) is 6.02. The van der Waals surface area contributed by atoms with Crippen LogP contribution in [0.15, 0.2) is 18.5 Å². The maximum absolute atomic E-state index is 4.46. The summed E-state index contributed by atoms with van der Waals surface area (Å²) in [5.74, 6) is 0. The van der Waals surface area contributed by atoms with Gasteiger partial charge in [0, 0.05) is 24.8 Å². The Morgan fingerprint density at radius 3 is 2.79 bits per heavy atom.